The molecule has 0 atom stereocenters. The maximum absolute atomic E-state index is 12.6. The van der Waals surface area contributed by atoms with Crippen molar-refractivity contribution < 1.29 is 14.4 Å². The average molecular weight is 386 g/mol. The van der Waals surface area contributed by atoms with Crippen LogP contribution >= 0.6 is 0 Å². The van der Waals surface area contributed by atoms with Crippen molar-refractivity contribution in [2.75, 3.05) is 42.9 Å². The number of likely N-dealkylation sites (tertiary alicyclic amines) is 1. The summed E-state index contributed by atoms with van der Waals surface area (Å²) < 4.78 is 0. The van der Waals surface area contributed by atoms with E-state index in [0.29, 0.717) is 25.2 Å². The highest BCUT2D eigenvalue weighted by atomic mass is 16.2. The molecule has 0 aromatic heterocycles. The number of nitrogens with one attached hydrogen (secondary N) is 2. The van der Waals surface area contributed by atoms with Crippen LogP contribution in [0.25, 0.3) is 0 Å². The molecule has 0 radical (unpaired) electrons. The van der Waals surface area contributed by atoms with E-state index in [1.54, 1.807) is 4.90 Å². The Kier molecular flexibility index (Phi) is 7.03. The van der Waals surface area contributed by atoms with Crippen LogP contribution in [0, 0.1) is 5.92 Å². The minimum Gasteiger partial charge on any atom is -0.356 e. The van der Waals surface area contributed by atoms with Crippen LogP contribution < -0.4 is 15.5 Å². The summed E-state index contributed by atoms with van der Waals surface area (Å²) in [6, 6.07) is 7.45. The summed E-state index contributed by atoms with van der Waals surface area (Å²) in [4.78, 5) is 40.5. The number of anilines is 2. The predicted molar refractivity (Wildman–Crippen MR) is 109 cm³/mol. The molecule has 1 aromatic carbocycles. The van der Waals surface area contributed by atoms with Gasteiger partial charge in [-0.1, -0.05) is 19.1 Å². The Morgan fingerprint density at radius 3 is 2.57 bits per heavy atom. The van der Waals surface area contributed by atoms with Gasteiger partial charge in [-0.3, -0.25) is 19.3 Å². The Morgan fingerprint density at radius 1 is 1.14 bits per heavy atom. The SMILES string of the molecule is CCCNC(=O)C1CCN(CC(=O)Nc2ccccc2N2CCCC2=O)CC1. The molecular formula is C21H30N4O3. The van der Waals surface area contributed by atoms with Gasteiger partial charge in [0.15, 0.2) is 0 Å². The molecule has 3 amide bonds. The zero-order valence-corrected chi connectivity index (χ0v) is 16.6. The van der Waals surface area contributed by atoms with Crippen molar-refractivity contribution in [3.63, 3.8) is 0 Å². The van der Waals surface area contributed by atoms with E-state index < -0.39 is 0 Å². The van der Waals surface area contributed by atoms with Crippen molar-refractivity contribution >= 4 is 29.1 Å². The number of para-hydroxylation sites is 2. The van der Waals surface area contributed by atoms with Crippen molar-refractivity contribution in [3.8, 4) is 0 Å². The van der Waals surface area contributed by atoms with Crippen LogP contribution in [0.4, 0.5) is 11.4 Å². The van der Waals surface area contributed by atoms with Crippen molar-refractivity contribution in [3.05, 3.63) is 24.3 Å². The number of hydrogen-bond acceptors (Lipinski definition) is 4. The highest BCUT2D eigenvalue weighted by Crippen LogP contribution is 2.29. The lowest BCUT2D eigenvalue weighted by Gasteiger charge is -2.30. The number of amides is 3. The minimum absolute atomic E-state index is 0.0489. The van der Waals surface area contributed by atoms with Crippen molar-refractivity contribution in [1.82, 2.24) is 10.2 Å². The predicted octanol–water partition coefficient (Wildman–Crippen LogP) is 1.99. The van der Waals surface area contributed by atoms with Crippen LogP contribution in [0.3, 0.4) is 0 Å². The molecule has 2 N–H and O–H groups in total. The first-order valence-corrected chi connectivity index (χ1v) is 10.3. The second-order valence-electron chi connectivity index (χ2n) is 7.56. The maximum atomic E-state index is 12.6. The Bertz CT molecular complexity index is 713. The molecule has 7 heteroatoms. The molecule has 2 fully saturated rings. The van der Waals surface area contributed by atoms with Crippen LogP contribution in [0.5, 0.6) is 0 Å². The van der Waals surface area contributed by atoms with Gasteiger partial charge in [0.05, 0.1) is 17.9 Å². The quantitative estimate of drug-likeness (QED) is 0.751. The largest absolute Gasteiger partial charge is 0.356 e. The Balaban J connectivity index is 1.51. The second-order valence-corrected chi connectivity index (χ2v) is 7.56. The van der Waals surface area contributed by atoms with E-state index in [2.05, 4.69) is 15.5 Å². The monoisotopic (exact) mass is 386 g/mol. The third-order valence-electron chi connectivity index (χ3n) is 5.42. The molecule has 2 saturated heterocycles. The van der Waals surface area contributed by atoms with Gasteiger partial charge < -0.3 is 15.5 Å². The second kappa shape index (κ2) is 9.68. The van der Waals surface area contributed by atoms with E-state index in [1.807, 2.05) is 31.2 Å². The number of piperidine rings is 1. The van der Waals surface area contributed by atoms with Gasteiger partial charge in [-0.2, -0.15) is 0 Å². The smallest absolute Gasteiger partial charge is 0.238 e. The lowest BCUT2D eigenvalue weighted by molar-refractivity contribution is -0.126. The van der Waals surface area contributed by atoms with E-state index in [9.17, 15) is 14.4 Å². The number of nitrogens with zero attached hydrogens (tertiary/aromatic N) is 2. The van der Waals surface area contributed by atoms with Crippen molar-refractivity contribution in [2.24, 2.45) is 5.92 Å². The van der Waals surface area contributed by atoms with Crippen molar-refractivity contribution in [1.29, 1.82) is 0 Å². The van der Waals surface area contributed by atoms with Gasteiger partial charge in [-0.25, -0.2) is 0 Å². The fraction of sp³-hybridized carbons (Fsp3) is 0.571. The zero-order valence-electron chi connectivity index (χ0n) is 16.6. The van der Waals surface area contributed by atoms with Gasteiger partial charge in [-0.05, 0) is 50.9 Å². The summed E-state index contributed by atoms with van der Waals surface area (Å²) in [6.45, 7) is 5.23. The van der Waals surface area contributed by atoms with E-state index >= 15 is 0 Å². The van der Waals surface area contributed by atoms with Crippen LogP contribution in [-0.4, -0.2) is 55.3 Å². The zero-order chi connectivity index (χ0) is 19.9. The highest BCUT2D eigenvalue weighted by molar-refractivity contribution is 6.02. The minimum atomic E-state index is -0.0898. The summed E-state index contributed by atoms with van der Waals surface area (Å²) in [5.74, 6) is 0.195. The Labute approximate surface area is 166 Å². The topological polar surface area (TPSA) is 81.8 Å². The fourth-order valence-electron chi connectivity index (χ4n) is 3.86. The summed E-state index contributed by atoms with van der Waals surface area (Å²) in [5, 5.41) is 5.92. The highest BCUT2D eigenvalue weighted by Gasteiger charge is 2.27. The number of rotatable bonds is 7. The number of carbonyl (C=O) groups is 3. The Hall–Kier alpha value is -2.41. The molecule has 28 heavy (non-hydrogen) atoms. The first-order valence-electron chi connectivity index (χ1n) is 10.3. The van der Waals surface area contributed by atoms with E-state index in [1.165, 1.54) is 0 Å². The first kappa shape index (κ1) is 20.3. The van der Waals surface area contributed by atoms with Crippen LogP contribution in [0.1, 0.15) is 39.0 Å². The summed E-state index contributed by atoms with van der Waals surface area (Å²) in [7, 11) is 0. The van der Waals surface area contributed by atoms with Gasteiger partial charge in [0.1, 0.15) is 0 Å². The molecule has 0 aliphatic carbocycles. The normalized spacial score (nSPS) is 18.3. The van der Waals surface area contributed by atoms with Crippen LogP contribution in [-0.2, 0) is 14.4 Å². The number of hydrogen-bond donors (Lipinski definition) is 2. The summed E-state index contributed by atoms with van der Waals surface area (Å²) >= 11 is 0. The maximum Gasteiger partial charge on any atom is 0.238 e. The van der Waals surface area contributed by atoms with E-state index in [-0.39, 0.29) is 23.6 Å². The van der Waals surface area contributed by atoms with E-state index in [0.717, 1.165) is 51.0 Å². The van der Waals surface area contributed by atoms with Crippen molar-refractivity contribution in [2.45, 2.75) is 39.0 Å². The molecular weight excluding hydrogens is 356 g/mol. The van der Waals surface area contributed by atoms with Gasteiger partial charge in [0, 0.05) is 25.4 Å². The molecule has 0 unspecified atom stereocenters. The number of carbonyl (C=O) groups excluding carboxylic acids is 3. The van der Waals surface area contributed by atoms with Gasteiger partial charge >= 0.3 is 0 Å². The van der Waals surface area contributed by atoms with Gasteiger partial charge in [0.25, 0.3) is 0 Å². The van der Waals surface area contributed by atoms with Gasteiger partial charge in [-0.15, -0.1) is 0 Å². The molecule has 152 valence electrons. The molecule has 2 heterocycles. The lowest BCUT2D eigenvalue weighted by Crippen LogP contribution is -2.43. The lowest BCUT2D eigenvalue weighted by atomic mass is 9.96. The molecule has 0 saturated carbocycles. The fourth-order valence-corrected chi connectivity index (χ4v) is 3.86. The molecule has 7 nitrogen and oxygen atoms in total. The third kappa shape index (κ3) is 5.10. The molecule has 2 aliphatic rings. The first-order chi connectivity index (χ1) is 13.6. The van der Waals surface area contributed by atoms with Crippen LogP contribution in [0.2, 0.25) is 0 Å². The van der Waals surface area contributed by atoms with E-state index in [4.69, 9.17) is 0 Å². The molecule has 3 rings (SSSR count). The standard InChI is InChI=1S/C21H30N4O3/c1-2-11-22-21(28)16-9-13-24(14-10-16)15-19(26)23-17-6-3-4-7-18(17)25-12-5-8-20(25)27/h3-4,6-7,16H,2,5,8-15H2,1H3,(H,22,28)(H,23,26). The summed E-state index contributed by atoms with van der Waals surface area (Å²) in [5.41, 5.74) is 1.45. The van der Waals surface area contributed by atoms with Gasteiger partial charge in [0.2, 0.25) is 17.7 Å². The van der Waals surface area contributed by atoms with Crippen LogP contribution in [0.15, 0.2) is 24.3 Å². The molecule has 0 spiro atoms. The Morgan fingerprint density at radius 2 is 1.89 bits per heavy atom. The number of benzene rings is 1. The molecule has 0 bridgehead atoms. The summed E-state index contributed by atoms with van der Waals surface area (Å²) in [6.07, 6.45) is 3.91. The molecule has 1 aromatic rings. The average Bonchev–Trinajstić information content (AvgIpc) is 3.12. The molecule has 2 aliphatic heterocycles. The third-order valence-corrected chi connectivity index (χ3v) is 5.42.